The Morgan fingerprint density at radius 2 is 1.77 bits per heavy atom. The summed E-state index contributed by atoms with van der Waals surface area (Å²) < 4.78 is 2.27. The lowest BCUT2D eigenvalue weighted by atomic mass is 10.2. The van der Waals surface area contributed by atoms with E-state index in [-0.39, 0.29) is 0 Å². The van der Waals surface area contributed by atoms with Crippen LogP contribution in [0.1, 0.15) is 36.7 Å². The molecule has 0 radical (unpaired) electrons. The van der Waals surface area contributed by atoms with E-state index in [4.69, 9.17) is 22.3 Å². The minimum absolute atomic E-state index is 0.454. The van der Waals surface area contributed by atoms with E-state index in [0.717, 1.165) is 59.1 Å². The molecule has 0 saturated carbocycles. The van der Waals surface area contributed by atoms with Gasteiger partial charge in [-0.1, -0.05) is 67.4 Å². The number of aromatic nitrogens is 3. The van der Waals surface area contributed by atoms with Gasteiger partial charge in [0, 0.05) is 30.6 Å². The molecule has 6 heteroatoms. The van der Waals surface area contributed by atoms with Crippen LogP contribution in [0.25, 0.3) is 11.0 Å². The zero-order chi connectivity index (χ0) is 20.9. The number of fused-ring (bicyclic) bond motifs is 1. The molecule has 4 aromatic rings. The van der Waals surface area contributed by atoms with Crippen LogP contribution < -0.4 is 11.1 Å². The number of aryl methyl sites for hydroxylation is 1. The molecule has 0 bridgehead atoms. The van der Waals surface area contributed by atoms with Crippen molar-refractivity contribution in [2.75, 3.05) is 11.1 Å². The van der Waals surface area contributed by atoms with Crippen LogP contribution in [0.4, 0.5) is 11.6 Å². The average molecular weight is 420 g/mol. The first-order chi connectivity index (χ1) is 14.6. The van der Waals surface area contributed by atoms with Gasteiger partial charge in [0.2, 0.25) is 0 Å². The molecule has 2 aromatic heterocycles. The van der Waals surface area contributed by atoms with Crippen LogP contribution in [0.15, 0.2) is 60.7 Å². The van der Waals surface area contributed by atoms with E-state index in [2.05, 4.69) is 46.1 Å². The highest BCUT2D eigenvalue weighted by atomic mass is 35.5. The predicted molar refractivity (Wildman–Crippen MR) is 125 cm³/mol. The van der Waals surface area contributed by atoms with E-state index in [1.165, 1.54) is 5.56 Å². The summed E-state index contributed by atoms with van der Waals surface area (Å²) in [6.07, 6.45) is 3.13. The van der Waals surface area contributed by atoms with Gasteiger partial charge in [0.05, 0.1) is 5.52 Å². The number of rotatable bonds is 8. The molecule has 4 rings (SSSR count). The highest BCUT2D eigenvalue weighted by Gasteiger charge is 2.15. The van der Waals surface area contributed by atoms with Gasteiger partial charge in [-0.3, -0.25) is 0 Å². The maximum absolute atomic E-state index is 6.31. The lowest BCUT2D eigenvalue weighted by Crippen LogP contribution is -2.07. The molecule has 2 aromatic carbocycles. The maximum Gasteiger partial charge on any atom is 0.154 e. The van der Waals surface area contributed by atoms with E-state index >= 15 is 0 Å². The quantitative estimate of drug-likeness (QED) is 0.386. The van der Waals surface area contributed by atoms with E-state index in [1.54, 1.807) is 0 Å². The zero-order valence-corrected chi connectivity index (χ0v) is 17.9. The Morgan fingerprint density at radius 1 is 1.00 bits per heavy atom. The first-order valence-electron chi connectivity index (χ1n) is 10.3. The van der Waals surface area contributed by atoms with Crippen molar-refractivity contribution in [3.63, 3.8) is 0 Å². The number of imidazole rings is 1. The summed E-state index contributed by atoms with van der Waals surface area (Å²) in [7, 11) is 0. The third-order valence-corrected chi connectivity index (χ3v) is 5.42. The van der Waals surface area contributed by atoms with Crippen LogP contribution in [0, 0.1) is 0 Å². The number of halogens is 1. The van der Waals surface area contributed by atoms with Gasteiger partial charge >= 0.3 is 0 Å². The summed E-state index contributed by atoms with van der Waals surface area (Å²) in [6, 6.07) is 20.3. The van der Waals surface area contributed by atoms with Gasteiger partial charge in [-0.2, -0.15) is 0 Å². The molecular weight excluding hydrogens is 394 g/mol. The van der Waals surface area contributed by atoms with Crippen molar-refractivity contribution in [2.24, 2.45) is 0 Å². The van der Waals surface area contributed by atoms with Gasteiger partial charge in [-0.15, -0.1) is 0 Å². The van der Waals surface area contributed by atoms with Crippen LogP contribution in [-0.2, 0) is 19.5 Å². The second kappa shape index (κ2) is 9.18. The predicted octanol–water partition coefficient (Wildman–Crippen LogP) is 5.67. The summed E-state index contributed by atoms with van der Waals surface area (Å²) in [6.45, 7) is 3.60. The first-order valence-corrected chi connectivity index (χ1v) is 10.7. The summed E-state index contributed by atoms with van der Waals surface area (Å²) in [4.78, 5) is 9.39. The van der Waals surface area contributed by atoms with Crippen molar-refractivity contribution in [1.29, 1.82) is 0 Å². The van der Waals surface area contributed by atoms with Gasteiger partial charge in [-0.05, 0) is 29.7 Å². The molecule has 0 atom stereocenters. The third-order valence-electron chi connectivity index (χ3n) is 5.17. The molecule has 0 saturated heterocycles. The number of hydrogen-bond donors (Lipinski definition) is 2. The summed E-state index contributed by atoms with van der Waals surface area (Å²) >= 11 is 5.98. The van der Waals surface area contributed by atoms with Crippen molar-refractivity contribution in [3.8, 4) is 0 Å². The number of benzene rings is 2. The molecule has 3 N–H and O–H groups in total. The van der Waals surface area contributed by atoms with Gasteiger partial charge in [0.1, 0.15) is 17.2 Å². The van der Waals surface area contributed by atoms with E-state index in [0.29, 0.717) is 12.4 Å². The van der Waals surface area contributed by atoms with E-state index in [1.807, 2.05) is 36.4 Å². The highest BCUT2D eigenvalue weighted by Crippen LogP contribution is 2.26. The second-order valence-corrected chi connectivity index (χ2v) is 7.88. The number of unbranched alkanes of at least 4 members (excludes halogenated alkanes) is 1. The Balaban J connectivity index is 1.68. The summed E-state index contributed by atoms with van der Waals surface area (Å²) in [5.41, 5.74) is 10.5. The van der Waals surface area contributed by atoms with Gasteiger partial charge in [0.25, 0.3) is 0 Å². The van der Waals surface area contributed by atoms with Crippen LogP contribution in [0.2, 0.25) is 5.02 Å². The standard InChI is InChI=1S/C24H26ClN5/c1-2-3-9-22-29-23-20(30(22)16-18-7-5-4-6-8-18)14-21(28-24(23)26)27-15-17-10-12-19(25)13-11-17/h4-8,10-14H,2-3,9,15-16H2,1H3,(H3,26,27,28). The van der Waals surface area contributed by atoms with Crippen LogP contribution in [-0.4, -0.2) is 14.5 Å². The Hall–Kier alpha value is -3.05. The molecule has 154 valence electrons. The Kier molecular flexibility index (Phi) is 6.19. The molecule has 0 aliphatic heterocycles. The van der Waals surface area contributed by atoms with Crippen molar-refractivity contribution < 1.29 is 0 Å². The molecule has 0 amide bonds. The van der Waals surface area contributed by atoms with E-state index in [9.17, 15) is 0 Å². The third kappa shape index (κ3) is 4.57. The lowest BCUT2D eigenvalue weighted by molar-refractivity contribution is 0.690. The van der Waals surface area contributed by atoms with Crippen molar-refractivity contribution >= 4 is 34.3 Å². The van der Waals surface area contributed by atoms with Crippen molar-refractivity contribution in [3.05, 3.63) is 82.6 Å². The fourth-order valence-electron chi connectivity index (χ4n) is 3.55. The lowest BCUT2D eigenvalue weighted by Gasteiger charge is -2.11. The van der Waals surface area contributed by atoms with Gasteiger partial charge in [-0.25, -0.2) is 9.97 Å². The monoisotopic (exact) mass is 419 g/mol. The number of anilines is 2. The fourth-order valence-corrected chi connectivity index (χ4v) is 3.67. The molecule has 0 spiro atoms. The second-order valence-electron chi connectivity index (χ2n) is 7.44. The van der Waals surface area contributed by atoms with Crippen molar-refractivity contribution in [1.82, 2.24) is 14.5 Å². The number of pyridine rings is 1. The van der Waals surface area contributed by atoms with Gasteiger partial charge in [0.15, 0.2) is 5.82 Å². The fraction of sp³-hybridized carbons (Fsp3) is 0.250. The Bertz CT molecular complexity index is 1120. The van der Waals surface area contributed by atoms with Crippen LogP contribution >= 0.6 is 11.6 Å². The zero-order valence-electron chi connectivity index (χ0n) is 17.1. The smallest absolute Gasteiger partial charge is 0.154 e. The largest absolute Gasteiger partial charge is 0.382 e. The number of nitrogens with zero attached hydrogens (tertiary/aromatic N) is 3. The normalized spacial score (nSPS) is 11.1. The summed E-state index contributed by atoms with van der Waals surface area (Å²) in [5.74, 6) is 2.25. The summed E-state index contributed by atoms with van der Waals surface area (Å²) in [5, 5.41) is 4.11. The minimum atomic E-state index is 0.454. The van der Waals surface area contributed by atoms with Crippen LogP contribution in [0.5, 0.6) is 0 Å². The topological polar surface area (TPSA) is 68.8 Å². The number of nitrogens with one attached hydrogen (secondary N) is 1. The maximum atomic E-state index is 6.31. The number of nitrogens with two attached hydrogens (primary N) is 1. The minimum Gasteiger partial charge on any atom is -0.382 e. The molecule has 30 heavy (non-hydrogen) atoms. The molecule has 0 fully saturated rings. The van der Waals surface area contributed by atoms with Gasteiger partial charge < -0.3 is 15.6 Å². The van der Waals surface area contributed by atoms with Crippen LogP contribution in [0.3, 0.4) is 0 Å². The highest BCUT2D eigenvalue weighted by molar-refractivity contribution is 6.30. The average Bonchev–Trinajstić information content (AvgIpc) is 3.10. The molecule has 0 unspecified atom stereocenters. The molecular formula is C24H26ClN5. The number of hydrogen-bond acceptors (Lipinski definition) is 4. The van der Waals surface area contributed by atoms with Crippen molar-refractivity contribution in [2.45, 2.75) is 39.3 Å². The Labute approximate surface area is 181 Å². The Morgan fingerprint density at radius 3 is 2.50 bits per heavy atom. The molecule has 5 nitrogen and oxygen atoms in total. The molecule has 0 aliphatic rings. The SMILES string of the molecule is CCCCc1nc2c(N)nc(NCc3ccc(Cl)cc3)cc2n1Cc1ccccc1. The first kappa shape index (κ1) is 20.2. The molecule has 2 heterocycles. The molecule has 0 aliphatic carbocycles. The number of nitrogen functional groups attached to an aromatic ring is 1. The van der Waals surface area contributed by atoms with E-state index < -0.39 is 0 Å².